The van der Waals surface area contributed by atoms with Gasteiger partial charge in [-0.25, -0.2) is 9.78 Å². The van der Waals surface area contributed by atoms with Gasteiger partial charge >= 0.3 is 5.97 Å². The highest BCUT2D eigenvalue weighted by molar-refractivity contribution is 6.74. The number of rotatable bonds is 5. The molecule has 1 aliphatic heterocycles. The lowest BCUT2D eigenvalue weighted by molar-refractivity contribution is 0.0690. The quantitative estimate of drug-likeness (QED) is 0.837. The molecule has 0 aliphatic carbocycles. The number of nitrogens with zero attached hydrogens (tertiary/aromatic N) is 2. The second kappa shape index (κ2) is 6.71. The Labute approximate surface area is 139 Å². The van der Waals surface area contributed by atoms with Gasteiger partial charge in [0.05, 0.1) is 0 Å². The smallest absolute Gasteiger partial charge is 0.354 e. The molecule has 1 N–H and O–H groups in total. The van der Waals surface area contributed by atoms with E-state index in [0.29, 0.717) is 0 Å². The largest absolute Gasteiger partial charge is 0.477 e. The summed E-state index contributed by atoms with van der Waals surface area (Å²) in [6.45, 7) is 14.7. The molecule has 0 spiro atoms. The fourth-order valence-electron chi connectivity index (χ4n) is 2.45. The summed E-state index contributed by atoms with van der Waals surface area (Å²) in [4.78, 5) is 17.4. The molecule has 0 unspecified atom stereocenters. The van der Waals surface area contributed by atoms with Crippen LogP contribution in [0.2, 0.25) is 18.1 Å². The molecule has 6 heteroatoms. The Hall–Kier alpha value is -1.24. The summed E-state index contributed by atoms with van der Waals surface area (Å²) < 4.78 is 6.24. The summed E-state index contributed by atoms with van der Waals surface area (Å²) in [6.07, 6.45) is 2.58. The van der Waals surface area contributed by atoms with Crippen molar-refractivity contribution in [2.45, 2.75) is 51.9 Å². The van der Waals surface area contributed by atoms with Crippen molar-refractivity contribution in [2.75, 3.05) is 19.7 Å². The Morgan fingerprint density at radius 1 is 1.39 bits per heavy atom. The first-order chi connectivity index (χ1) is 10.6. The summed E-state index contributed by atoms with van der Waals surface area (Å²) in [5.41, 5.74) is 2.38. The molecule has 0 fully saturated rings. The maximum Gasteiger partial charge on any atom is 0.354 e. The van der Waals surface area contributed by atoms with E-state index in [1.807, 2.05) is 0 Å². The van der Waals surface area contributed by atoms with Crippen LogP contribution in [0.1, 0.15) is 42.4 Å². The number of carbonyl (C=O) groups is 1. The van der Waals surface area contributed by atoms with Gasteiger partial charge in [-0.2, -0.15) is 0 Å². The molecule has 2 heterocycles. The summed E-state index contributed by atoms with van der Waals surface area (Å²) in [7, 11) is -1.69. The first-order valence-electron chi connectivity index (χ1n) is 8.17. The van der Waals surface area contributed by atoms with Crippen molar-refractivity contribution >= 4 is 14.3 Å². The van der Waals surface area contributed by atoms with Gasteiger partial charge in [0.2, 0.25) is 0 Å². The molecule has 0 saturated carbocycles. The maximum absolute atomic E-state index is 11.0. The second-order valence-electron chi connectivity index (χ2n) is 7.78. The molecule has 0 amide bonds. The molecule has 23 heavy (non-hydrogen) atoms. The van der Waals surface area contributed by atoms with E-state index in [0.717, 1.165) is 43.8 Å². The summed E-state index contributed by atoms with van der Waals surface area (Å²) in [5, 5.41) is 9.25. The van der Waals surface area contributed by atoms with E-state index in [2.05, 4.69) is 43.7 Å². The molecule has 0 bridgehead atoms. The highest BCUT2D eigenvalue weighted by atomic mass is 28.4. The summed E-state index contributed by atoms with van der Waals surface area (Å²) >= 11 is 0. The van der Waals surface area contributed by atoms with E-state index in [1.54, 1.807) is 12.3 Å². The molecule has 0 atom stereocenters. The molecule has 0 radical (unpaired) electrons. The standard InChI is InChI=1S/C17H28N2O3Si/c1-17(2,3)23(4,5)22-9-8-19-7-6-13-10-15(16(20)21)18-11-14(13)12-19/h10-11H,6-9,12H2,1-5H3,(H,20,21). The van der Waals surface area contributed by atoms with Crippen molar-refractivity contribution in [3.63, 3.8) is 0 Å². The number of hydrogen-bond acceptors (Lipinski definition) is 4. The van der Waals surface area contributed by atoms with Gasteiger partial charge in [-0.1, -0.05) is 20.8 Å². The maximum atomic E-state index is 11.0. The van der Waals surface area contributed by atoms with E-state index >= 15 is 0 Å². The van der Waals surface area contributed by atoms with Crippen LogP contribution in [0.15, 0.2) is 12.3 Å². The molecular formula is C17H28N2O3Si. The van der Waals surface area contributed by atoms with Gasteiger partial charge in [-0.3, -0.25) is 4.90 Å². The summed E-state index contributed by atoms with van der Waals surface area (Å²) in [6, 6.07) is 1.71. The highest BCUT2D eigenvalue weighted by Crippen LogP contribution is 2.36. The molecule has 1 aromatic heterocycles. The Bertz CT molecular complexity index is 582. The third-order valence-corrected chi connectivity index (χ3v) is 9.61. The van der Waals surface area contributed by atoms with E-state index in [-0.39, 0.29) is 10.7 Å². The lowest BCUT2D eigenvalue weighted by atomic mass is 10.0. The molecule has 2 rings (SSSR count). The lowest BCUT2D eigenvalue weighted by Crippen LogP contribution is -2.43. The number of carboxylic acid groups (broad SMARTS) is 1. The van der Waals surface area contributed by atoms with Crippen LogP contribution in [0, 0.1) is 0 Å². The van der Waals surface area contributed by atoms with Crippen molar-refractivity contribution in [1.29, 1.82) is 0 Å². The van der Waals surface area contributed by atoms with Gasteiger partial charge in [0.1, 0.15) is 5.69 Å². The minimum Gasteiger partial charge on any atom is -0.477 e. The third kappa shape index (κ3) is 4.40. The normalized spacial score (nSPS) is 16.2. The lowest BCUT2D eigenvalue weighted by Gasteiger charge is -2.37. The topological polar surface area (TPSA) is 62.7 Å². The number of fused-ring (bicyclic) bond motifs is 1. The highest BCUT2D eigenvalue weighted by Gasteiger charge is 2.37. The zero-order valence-corrected chi connectivity index (χ0v) is 15.8. The van der Waals surface area contributed by atoms with E-state index in [1.165, 1.54) is 0 Å². The molecule has 128 valence electrons. The van der Waals surface area contributed by atoms with Gasteiger partial charge in [0.25, 0.3) is 0 Å². The predicted molar refractivity (Wildman–Crippen MR) is 93.3 cm³/mol. The van der Waals surface area contributed by atoms with Gasteiger partial charge in [0, 0.05) is 32.4 Å². The predicted octanol–water partition coefficient (Wildman–Crippen LogP) is 3.16. The molecule has 1 aliphatic rings. The fourth-order valence-corrected chi connectivity index (χ4v) is 3.49. The van der Waals surface area contributed by atoms with Crippen LogP contribution in [-0.2, 0) is 17.4 Å². The molecule has 0 aromatic carbocycles. The van der Waals surface area contributed by atoms with Crippen LogP contribution in [0.25, 0.3) is 0 Å². The minimum absolute atomic E-state index is 0.137. The Morgan fingerprint density at radius 3 is 2.70 bits per heavy atom. The Balaban J connectivity index is 1.90. The monoisotopic (exact) mass is 336 g/mol. The van der Waals surface area contributed by atoms with Crippen LogP contribution >= 0.6 is 0 Å². The molecule has 0 saturated heterocycles. The number of carboxylic acids is 1. The van der Waals surface area contributed by atoms with Gasteiger partial charge in [0.15, 0.2) is 8.32 Å². The molecule has 5 nitrogen and oxygen atoms in total. The zero-order chi connectivity index (χ0) is 17.3. The average Bonchev–Trinajstić information content (AvgIpc) is 2.45. The van der Waals surface area contributed by atoms with Crippen LogP contribution in [-0.4, -0.2) is 49.0 Å². The SMILES string of the molecule is CC(C)(C)[Si](C)(C)OCCN1CCc2cc(C(=O)O)ncc2C1. The van der Waals surface area contributed by atoms with E-state index in [4.69, 9.17) is 9.53 Å². The summed E-state index contributed by atoms with van der Waals surface area (Å²) in [5.74, 6) is -0.960. The second-order valence-corrected chi connectivity index (χ2v) is 12.6. The van der Waals surface area contributed by atoms with E-state index in [9.17, 15) is 4.79 Å². The van der Waals surface area contributed by atoms with Crippen LogP contribution in [0.5, 0.6) is 0 Å². The Kier molecular flexibility index (Phi) is 5.28. The van der Waals surface area contributed by atoms with Crippen molar-refractivity contribution in [1.82, 2.24) is 9.88 Å². The zero-order valence-electron chi connectivity index (χ0n) is 14.8. The fraction of sp³-hybridized carbons (Fsp3) is 0.647. The number of aromatic nitrogens is 1. The first kappa shape index (κ1) is 18.1. The third-order valence-electron chi connectivity index (χ3n) is 5.07. The average molecular weight is 337 g/mol. The number of hydrogen-bond donors (Lipinski definition) is 1. The van der Waals surface area contributed by atoms with Crippen LogP contribution < -0.4 is 0 Å². The number of aromatic carboxylic acids is 1. The van der Waals surface area contributed by atoms with Gasteiger partial charge in [-0.15, -0.1) is 0 Å². The Morgan fingerprint density at radius 2 is 2.09 bits per heavy atom. The molecule has 1 aromatic rings. The van der Waals surface area contributed by atoms with Gasteiger partial charge in [-0.05, 0) is 41.7 Å². The van der Waals surface area contributed by atoms with Crippen LogP contribution in [0.4, 0.5) is 0 Å². The van der Waals surface area contributed by atoms with Crippen molar-refractivity contribution in [2.24, 2.45) is 0 Å². The minimum atomic E-state index is -1.69. The van der Waals surface area contributed by atoms with Crippen molar-refractivity contribution < 1.29 is 14.3 Å². The van der Waals surface area contributed by atoms with E-state index < -0.39 is 14.3 Å². The van der Waals surface area contributed by atoms with Crippen molar-refractivity contribution in [3.05, 3.63) is 29.1 Å². The van der Waals surface area contributed by atoms with Crippen molar-refractivity contribution in [3.8, 4) is 0 Å². The molecular weight excluding hydrogens is 308 g/mol. The van der Waals surface area contributed by atoms with Crippen LogP contribution in [0.3, 0.4) is 0 Å². The van der Waals surface area contributed by atoms with Gasteiger partial charge < -0.3 is 9.53 Å². The number of pyridine rings is 1. The first-order valence-corrected chi connectivity index (χ1v) is 11.1.